The Morgan fingerprint density at radius 3 is 2.08 bits per heavy atom. The fourth-order valence-electron chi connectivity index (χ4n) is 2.36. The van der Waals surface area contributed by atoms with E-state index in [0.717, 1.165) is 32.1 Å². The van der Waals surface area contributed by atoms with E-state index in [2.05, 4.69) is 12.2 Å². The molecule has 1 N–H and O–H groups in total. The molecule has 0 atom stereocenters. The highest BCUT2D eigenvalue weighted by Crippen LogP contribution is 2.36. The Morgan fingerprint density at radius 2 is 1.52 bits per heavy atom. The van der Waals surface area contributed by atoms with E-state index in [0.29, 0.717) is 18.6 Å². The molecule has 0 heterocycles. The molecule has 1 aromatic carbocycles. The van der Waals surface area contributed by atoms with Gasteiger partial charge in [-0.05, 0) is 24.6 Å². The van der Waals surface area contributed by atoms with Crippen LogP contribution < -0.4 is 5.32 Å². The van der Waals surface area contributed by atoms with Crippen LogP contribution in [0.3, 0.4) is 0 Å². The molecular formula is C17H21F6NO. The molecule has 25 heavy (non-hydrogen) atoms. The van der Waals surface area contributed by atoms with Crippen LogP contribution in [0.1, 0.15) is 66.9 Å². The van der Waals surface area contributed by atoms with Gasteiger partial charge < -0.3 is 5.32 Å². The number of rotatable bonds is 8. The lowest BCUT2D eigenvalue weighted by Crippen LogP contribution is -2.27. The van der Waals surface area contributed by atoms with Gasteiger partial charge >= 0.3 is 12.4 Å². The van der Waals surface area contributed by atoms with Gasteiger partial charge in [0.1, 0.15) is 0 Å². The van der Waals surface area contributed by atoms with Crippen LogP contribution in [0.2, 0.25) is 0 Å². The number of benzene rings is 1. The third-order valence-corrected chi connectivity index (χ3v) is 3.71. The van der Waals surface area contributed by atoms with Crippen molar-refractivity contribution in [1.82, 2.24) is 5.32 Å². The van der Waals surface area contributed by atoms with E-state index >= 15 is 0 Å². The van der Waals surface area contributed by atoms with Crippen LogP contribution in [0.4, 0.5) is 26.3 Å². The molecule has 0 fully saturated rings. The molecule has 0 aliphatic heterocycles. The van der Waals surface area contributed by atoms with Crippen molar-refractivity contribution >= 4 is 5.91 Å². The second-order valence-electron chi connectivity index (χ2n) is 5.78. The number of hydrogen-bond donors (Lipinski definition) is 1. The Labute approximate surface area is 142 Å². The van der Waals surface area contributed by atoms with Gasteiger partial charge in [-0.3, -0.25) is 4.79 Å². The number of carbonyl (C=O) groups is 1. The van der Waals surface area contributed by atoms with Crippen molar-refractivity contribution < 1.29 is 31.1 Å². The van der Waals surface area contributed by atoms with Gasteiger partial charge in [0.05, 0.1) is 16.7 Å². The smallest absolute Gasteiger partial charge is 0.352 e. The minimum Gasteiger partial charge on any atom is -0.352 e. The maximum absolute atomic E-state index is 12.9. The highest BCUT2D eigenvalue weighted by atomic mass is 19.4. The summed E-state index contributed by atoms with van der Waals surface area (Å²) in [5.41, 5.74) is -3.67. The van der Waals surface area contributed by atoms with Crippen LogP contribution in [-0.2, 0) is 12.4 Å². The van der Waals surface area contributed by atoms with Crippen LogP contribution in [0.5, 0.6) is 0 Å². The van der Waals surface area contributed by atoms with Gasteiger partial charge in [-0.1, -0.05) is 39.0 Å². The van der Waals surface area contributed by atoms with Gasteiger partial charge in [-0.15, -0.1) is 0 Å². The number of halogens is 6. The first-order chi connectivity index (χ1) is 11.6. The van der Waals surface area contributed by atoms with Crippen LogP contribution in [-0.4, -0.2) is 12.5 Å². The number of alkyl halides is 6. The van der Waals surface area contributed by atoms with Crippen LogP contribution >= 0.6 is 0 Å². The predicted octanol–water partition coefficient (Wildman–Crippen LogP) is 5.81. The number of unbranched alkanes of at least 4 members (excludes halogenated alkanes) is 5. The molecule has 0 bridgehead atoms. The zero-order chi connectivity index (χ0) is 19.1. The summed E-state index contributed by atoms with van der Waals surface area (Å²) in [5, 5.41) is 2.27. The molecular weight excluding hydrogens is 348 g/mol. The first-order valence-corrected chi connectivity index (χ1v) is 8.14. The molecule has 0 aromatic heterocycles. The second kappa shape index (κ2) is 9.10. The second-order valence-corrected chi connectivity index (χ2v) is 5.78. The molecule has 142 valence electrons. The molecule has 1 rings (SSSR count). The number of hydrogen-bond acceptors (Lipinski definition) is 1. The number of amides is 1. The van der Waals surface area contributed by atoms with Crippen molar-refractivity contribution in [2.24, 2.45) is 0 Å². The number of carbonyl (C=O) groups excluding carboxylic acids is 1. The Hall–Kier alpha value is -1.73. The van der Waals surface area contributed by atoms with Crippen molar-refractivity contribution in [3.05, 3.63) is 34.9 Å². The fraction of sp³-hybridized carbons (Fsp3) is 0.588. The van der Waals surface area contributed by atoms with Crippen LogP contribution in [0.15, 0.2) is 18.2 Å². The maximum Gasteiger partial charge on any atom is 0.417 e. The third kappa shape index (κ3) is 6.96. The van der Waals surface area contributed by atoms with E-state index in [1.54, 1.807) is 0 Å². The molecule has 0 aliphatic carbocycles. The Morgan fingerprint density at radius 1 is 0.920 bits per heavy atom. The summed E-state index contributed by atoms with van der Waals surface area (Å²) in [6.07, 6.45) is -4.21. The maximum atomic E-state index is 12.9. The minimum atomic E-state index is -4.91. The third-order valence-electron chi connectivity index (χ3n) is 3.71. The van der Waals surface area contributed by atoms with Crippen molar-refractivity contribution in [3.63, 3.8) is 0 Å². The van der Waals surface area contributed by atoms with E-state index in [9.17, 15) is 31.1 Å². The van der Waals surface area contributed by atoms with Gasteiger partial charge in [0, 0.05) is 6.54 Å². The predicted molar refractivity (Wildman–Crippen MR) is 82.2 cm³/mol. The van der Waals surface area contributed by atoms with Crippen LogP contribution in [0.25, 0.3) is 0 Å². The summed E-state index contributed by atoms with van der Waals surface area (Å²) in [5.74, 6) is -1.15. The van der Waals surface area contributed by atoms with E-state index in [1.807, 2.05) is 0 Å². The molecule has 0 saturated heterocycles. The quantitative estimate of drug-likeness (QED) is 0.454. The van der Waals surface area contributed by atoms with Gasteiger partial charge in [0.25, 0.3) is 5.91 Å². The number of nitrogens with one attached hydrogen (secondary N) is 1. The van der Waals surface area contributed by atoms with Gasteiger partial charge in [0.2, 0.25) is 0 Å². The van der Waals surface area contributed by atoms with E-state index in [1.165, 1.54) is 0 Å². The van der Waals surface area contributed by atoms with Gasteiger partial charge in [0.15, 0.2) is 0 Å². The molecule has 0 saturated carbocycles. The van der Waals surface area contributed by atoms with Crippen molar-refractivity contribution in [3.8, 4) is 0 Å². The lowest BCUT2D eigenvalue weighted by atomic mass is 10.0. The zero-order valence-corrected chi connectivity index (χ0v) is 13.9. The molecule has 8 heteroatoms. The molecule has 0 radical (unpaired) electrons. The topological polar surface area (TPSA) is 29.1 Å². The lowest BCUT2D eigenvalue weighted by molar-refractivity contribution is -0.141. The summed E-state index contributed by atoms with van der Waals surface area (Å²) in [4.78, 5) is 11.9. The van der Waals surface area contributed by atoms with Gasteiger partial charge in [-0.2, -0.15) is 26.3 Å². The fourth-order valence-corrected chi connectivity index (χ4v) is 2.36. The van der Waals surface area contributed by atoms with E-state index in [4.69, 9.17) is 0 Å². The molecule has 0 unspecified atom stereocenters. The molecule has 2 nitrogen and oxygen atoms in total. The summed E-state index contributed by atoms with van der Waals surface area (Å²) < 4.78 is 76.9. The SMILES string of the molecule is CCCCCCCCNC(=O)c1cc(C(F)(F)F)ccc1C(F)(F)F. The minimum absolute atomic E-state index is 0.124. The standard InChI is InChI=1S/C17H21F6NO/c1-2-3-4-5-6-7-10-24-15(25)13-11-12(16(18,19)20)8-9-14(13)17(21,22)23/h8-9,11H,2-7,10H2,1H3,(H,24,25). The first kappa shape index (κ1) is 21.3. The lowest BCUT2D eigenvalue weighted by Gasteiger charge is -2.15. The van der Waals surface area contributed by atoms with Crippen molar-refractivity contribution in [1.29, 1.82) is 0 Å². The summed E-state index contributed by atoms with van der Waals surface area (Å²) >= 11 is 0. The Kier molecular flexibility index (Phi) is 7.76. The zero-order valence-electron chi connectivity index (χ0n) is 13.9. The normalized spacial score (nSPS) is 12.3. The molecule has 0 spiro atoms. The Balaban J connectivity index is 2.78. The summed E-state index contributed by atoms with van der Waals surface area (Å²) in [6, 6.07) is 0.870. The average molecular weight is 369 g/mol. The van der Waals surface area contributed by atoms with E-state index < -0.39 is 35.0 Å². The average Bonchev–Trinajstić information content (AvgIpc) is 2.51. The summed E-state index contributed by atoms with van der Waals surface area (Å²) in [7, 11) is 0. The monoisotopic (exact) mass is 369 g/mol. The highest BCUT2D eigenvalue weighted by Gasteiger charge is 2.38. The summed E-state index contributed by atoms with van der Waals surface area (Å²) in [6.45, 7) is 2.19. The first-order valence-electron chi connectivity index (χ1n) is 8.14. The van der Waals surface area contributed by atoms with E-state index in [-0.39, 0.29) is 12.6 Å². The van der Waals surface area contributed by atoms with Crippen LogP contribution in [0, 0.1) is 0 Å². The van der Waals surface area contributed by atoms with Crippen molar-refractivity contribution in [2.45, 2.75) is 57.8 Å². The Bertz CT molecular complexity index is 565. The molecule has 1 amide bonds. The van der Waals surface area contributed by atoms with Crippen molar-refractivity contribution in [2.75, 3.05) is 6.54 Å². The molecule has 0 aliphatic rings. The van der Waals surface area contributed by atoms with Gasteiger partial charge in [-0.25, -0.2) is 0 Å². The highest BCUT2D eigenvalue weighted by molar-refractivity contribution is 5.96. The largest absolute Gasteiger partial charge is 0.417 e. The molecule has 1 aromatic rings.